The molecule has 1 heterocycles. The molecule has 5 heteroatoms. The average molecular weight is 232 g/mol. The highest BCUT2D eigenvalue weighted by Crippen LogP contribution is 2.26. The summed E-state index contributed by atoms with van der Waals surface area (Å²) in [5.74, 6) is 1.18. The summed E-state index contributed by atoms with van der Waals surface area (Å²) in [6, 6.07) is 0. The maximum atomic E-state index is 6.04. The van der Waals surface area contributed by atoms with Crippen LogP contribution in [0.1, 0.15) is 39.4 Å². The Morgan fingerprint density at radius 1 is 1.40 bits per heavy atom. The Bertz CT molecular complexity index is 333. The van der Waals surface area contributed by atoms with Gasteiger partial charge in [0.05, 0.1) is 12.1 Å². The van der Waals surface area contributed by atoms with Crippen molar-refractivity contribution in [1.82, 2.24) is 14.8 Å². The van der Waals surface area contributed by atoms with Crippen molar-refractivity contribution in [3.8, 4) is 0 Å². The molecule has 0 unspecified atom stereocenters. The molecule has 0 fully saturated rings. The first-order chi connectivity index (χ1) is 6.90. The fourth-order valence-electron chi connectivity index (χ4n) is 1.63. The Balaban J connectivity index is 3.16. The highest BCUT2D eigenvalue weighted by Gasteiger charge is 2.27. The molecule has 86 valence electrons. The standard InChI is InChI=1S/C10H18ClN3O/c1-7(2)8-12-13-9(11)14(8)10(3,4)6-15-5/h7H,6H2,1-5H3. The zero-order valence-electron chi connectivity index (χ0n) is 9.91. The fourth-order valence-corrected chi connectivity index (χ4v) is 1.98. The smallest absolute Gasteiger partial charge is 0.225 e. The zero-order chi connectivity index (χ0) is 11.6. The Labute approximate surface area is 95.6 Å². The third-order valence-electron chi connectivity index (χ3n) is 2.27. The van der Waals surface area contributed by atoms with Crippen LogP contribution in [-0.4, -0.2) is 28.5 Å². The van der Waals surface area contributed by atoms with Crippen molar-refractivity contribution in [1.29, 1.82) is 0 Å². The third-order valence-corrected chi connectivity index (χ3v) is 2.51. The number of halogens is 1. The van der Waals surface area contributed by atoms with Crippen molar-refractivity contribution in [3.63, 3.8) is 0 Å². The van der Waals surface area contributed by atoms with E-state index in [0.29, 0.717) is 17.8 Å². The van der Waals surface area contributed by atoms with Crippen LogP contribution in [0.25, 0.3) is 0 Å². The number of hydrogen-bond acceptors (Lipinski definition) is 3. The molecule has 0 N–H and O–H groups in total. The van der Waals surface area contributed by atoms with Crippen molar-refractivity contribution in [2.75, 3.05) is 13.7 Å². The molecule has 0 amide bonds. The summed E-state index contributed by atoms with van der Waals surface area (Å²) in [6.07, 6.45) is 0. The molecule has 0 radical (unpaired) electrons. The molecule has 1 rings (SSSR count). The summed E-state index contributed by atoms with van der Waals surface area (Å²) >= 11 is 6.04. The lowest BCUT2D eigenvalue weighted by molar-refractivity contribution is 0.107. The molecule has 0 spiro atoms. The molecule has 0 aliphatic heterocycles. The number of methoxy groups -OCH3 is 1. The van der Waals surface area contributed by atoms with Crippen LogP contribution in [0.15, 0.2) is 0 Å². The van der Waals surface area contributed by atoms with Crippen molar-refractivity contribution in [3.05, 3.63) is 11.1 Å². The van der Waals surface area contributed by atoms with Crippen LogP contribution in [0.3, 0.4) is 0 Å². The molecule has 15 heavy (non-hydrogen) atoms. The highest BCUT2D eigenvalue weighted by atomic mass is 35.5. The van der Waals surface area contributed by atoms with E-state index in [1.54, 1.807) is 7.11 Å². The summed E-state index contributed by atoms with van der Waals surface area (Å²) in [6.45, 7) is 8.82. The quantitative estimate of drug-likeness (QED) is 0.799. The first-order valence-corrected chi connectivity index (χ1v) is 5.38. The Hall–Kier alpha value is -0.610. The predicted octanol–water partition coefficient (Wildman–Crippen LogP) is 2.44. The van der Waals surface area contributed by atoms with E-state index in [0.717, 1.165) is 5.82 Å². The van der Waals surface area contributed by atoms with Gasteiger partial charge in [-0.2, -0.15) is 0 Å². The SMILES string of the molecule is COCC(C)(C)n1c(Cl)nnc1C(C)C. The summed E-state index contributed by atoms with van der Waals surface area (Å²) in [5.41, 5.74) is -0.227. The number of rotatable bonds is 4. The fraction of sp³-hybridized carbons (Fsp3) is 0.800. The first-order valence-electron chi connectivity index (χ1n) is 5.00. The normalized spacial score (nSPS) is 12.5. The predicted molar refractivity (Wildman–Crippen MR) is 60.3 cm³/mol. The number of ether oxygens (including phenoxy) is 1. The van der Waals surface area contributed by atoms with Crippen LogP contribution >= 0.6 is 11.6 Å². The number of nitrogens with zero attached hydrogens (tertiary/aromatic N) is 3. The molecule has 0 bridgehead atoms. The van der Waals surface area contributed by atoms with Crippen molar-refractivity contribution in [2.45, 2.75) is 39.2 Å². The van der Waals surface area contributed by atoms with Crippen LogP contribution < -0.4 is 0 Å². The van der Waals surface area contributed by atoms with Crippen molar-refractivity contribution in [2.24, 2.45) is 0 Å². The van der Waals surface area contributed by atoms with Crippen LogP contribution in [-0.2, 0) is 10.3 Å². The number of aromatic nitrogens is 3. The molecular formula is C10H18ClN3O. The van der Waals surface area contributed by atoms with E-state index in [9.17, 15) is 0 Å². The maximum absolute atomic E-state index is 6.04. The van der Waals surface area contributed by atoms with Gasteiger partial charge in [0.2, 0.25) is 5.28 Å². The van der Waals surface area contributed by atoms with Crippen molar-refractivity contribution < 1.29 is 4.74 Å². The Kier molecular flexibility index (Phi) is 3.73. The second-order valence-electron chi connectivity index (χ2n) is 4.56. The van der Waals surface area contributed by atoms with Gasteiger partial charge in [-0.25, -0.2) is 0 Å². The van der Waals surface area contributed by atoms with Crippen LogP contribution in [0.2, 0.25) is 5.28 Å². The topological polar surface area (TPSA) is 39.9 Å². The lowest BCUT2D eigenvalue weighted by Crippen LogP contribution is -2.33. The van der Waals surface area contributed by atoms with E-state index in [1.807, 2.05) is 4.57 Å². The van der Waals surface area contributed by atoms with Crippen LogP contribution in [0, 0.1) is 0 Å². The molecule has 1 aromatic rings. The van der Waals surface area contributed by atoms with Gasteiger partial charge in [0, 0.05) is 13.0 Å². The third kappa shape index (κ3) is 2.49. The maximum Gasteiger partial charge on any atom is 0.225 e. The molecular weight excluding hydrogens is 214 g/mol. The summed E-state index contributed by atoms with van der Waals surface area (Å²) < 4.78 is 7.12. The van der Waals surface area contributed by atoms with Gasteiger partial charge in [0.1, 0.15) is 5.82 Å². The van der Waals surface area contributed by atoms with Gasteiger partial charge >= 0.3 is 0 Å². The summed E-state index contributed by atoms with van der Waals surface area (Å²) in [5, 5.41) is 8.42. The monoisotopic (exact) mass is 231 g/mol. The minimum Gasteiger partial charge on any atom is -0.382 e. The molecule has 4 nitrogen and oxygen atoms in total. The molecule has 0 aliphatic rings. The van der Waals surface area contributed by atoms with Gasteiger partial charge in [-0.05, 0) is 25.4 Å². The van der Waals surface area contributed by atoms with E-state index in [1.165, 1.54) is 0 Å². The summed E-state index contributed by atoms with van der Waals surface area (Å²) in [7, 11) is 1.68. The largest absolute Gasteiger partial charge is 0.382 e. The van der Waals surface area contributed by atoms with E-state index in [2.05, 4.69) is 37.9 Å². The van der Waals surface area contributed by atoms with E-state index < -0.39 is 0 Å². The molecule has 0 aromatic carbocycles. The zero-order valence-corrected chi connectivity index (χ0v) is 10.7. The van der Waals surface area contributed by atoms with Gasteiger partial charge < -0.3 is 4.74 Å². The van der Waals surface area contributed by atoms with Gasteiger partial charge in [0.25, 0.3) is 0 Å². The lowest BCUT2D eigenvalue weighted by Gasteiger charge is -2.28. The molecule has 0 atom stereocenters. The molecule has 0 aliphatic carbocycles. The molecule has 1 aromatic heterocycles. The van der Waals surface area contributed by atoms with Gasteiger partial charge in [-0.1, -0.05) is 13.8 Å². The van der Waals surface area contributed by atoms with Gasteiger partial charge in [0.15, 0.2) is 0 Å². The second kappa shape index (κ2) is 4.49. The molecule has 0 saturated carbocycles. The van der Waals surface area contributed by atoms with E-state index in [-0.39, 0.29) is 5.54 Å². The van der Waals surface area contributed by atoms with Crippen LogP contribution in [0.5, 0.6) is 0 Å². The Morgan fingerprint density at radius 3 is 2.47 bits per heavy atom. The number of hydrogen-bond donors (Lipinski definition) is 0. The van der Waals surface area contributed by atoms with E-state index in [4.69, 9.17) is 16.3 Å². The Morgan fingerprint density at radius 2 is 2.00 bits per heavy atom. The average Bonchev–Trinajstić information content (AvgIpc) is 2.47. The van der Waals surface area contributed by atoms with E-state index >= 15 is 0 Å². The highest BCUT2D eigenvalue weighted by molar-refractivity contribution is 6.28. The van der Waals surface area contributed by atoms with Crippen LogP contribution in [0.4, 0.5) is 0 Å². The van der Waals surface area contributed by atoms with Gasteiger partial charge in [-0.15, -0.1) is 10.2 Å². The summed E-state index contributed by atoms with van der Waals surface area (Å²) in [4.78, 5) is 0. The lowest BCUT2D eigenvalue weighted by atomic mass is 10.1. The molecule has 0 saturated heterocycles. The van der Waals surface area contributed by atoms with Gasteiger partial charge in [-0.3, -0.25) is 4.57 Å². The second-order valence-corrected chi connectivity index (χ2v) is 4.90. The van der Waals surface area contributed by atoms with Crippen molar-refractivity contribution >= 4 is 11.6 Å². The minimum absolute atomic E-state index is 0.227. The minimum atomic E-state index is -0.227. The first kappa shape index (κ1) is 12.5.